The van der Waals surface area contributed by atoms with E-state index >= 15 is 0 Å². The van der Waals surface area contributed by atoms with Crippen molar-refractivity contribution in [3.8, 4) is 0 Å². The lowest BCUT2D eigenvalue weighted by atomic mass is 10.1. The van der Waals surface area contributed by atoms with Crippen LogP contribution >= 0.6 is 0 Å². The van der Waals surface area contributed by atoms with Crippen LogP contribution in [0.3, 0.4) is 0 Å². The number of anilines is 1. The summed E-state index contributed by atoms with van der Waals surface area (Å²) in [5, 5.41) is 14.1. The van der Waals surface area contributed by atoms with E-state index < -0.39 is 4.92 Å². The summed E-state index contributed by atoms with van der Waals surface area (Å²) in [6.45, 7) is 2.56. The highest BCUT2D eigenvalue weighted by Gasteiger charge is 2.24. The molecule has 0 aromatic heterocycles. The highest BCUT2D eigenvalue weighted by molar-refractivity contribution is 6.00. The second-order valence-electron chi connectivity index (χ2n) is 6.01. The zero-order valence-corrected chi connectivity index (χ0v) is 13.0. The van der Waals surface area contributed by atoms with Gasteiger partial charge in [0.1, 0.15) is 0 Å². The molecule has 0 radical (unpaired) electrons. The van der Waals surface area contributed by atoms with Gasteiger partial charge in [0, 0.05) is 31.3 Å². The zero-order chi connectivity index (χ0) is 16.2. The molecule has 2 aliphatic rings. The highest BCUT2D eigenvalue weighted by atomic mass is 16.6. The molecule has 23 heavy (non-hydrogen) atoms. The molecule has 0 bridgehead atoms. The highest BCUT2D eigenvalue weighted by Crippen LogP contribution is 2.27. The minimum Gasteiger partial charge on any atom is -0.378 e. The van der Waals surface area contributed by atoms with Gasteiger partial charge in [0.25, 0.3) is 11.6 Å². The fraction of sp³-hybridized carbons (Fsp3) is 0.562. The number of carbonyl (C=O) groups is 1. The largest absolute Gasteiger partial charge is 0.378 e. The van der Waals surface area contributed by atoms with Crippen LogP contribution in [0.15, 0.2) is 18.2 Å². The van der Waals surface area contributed by atoms with Crippen LogP contribution in [0.1, 0.15) is 36.0 Å². The second-order valence-corrected chi connectivity index (χ2v) is 6.01. The number of rotatable bonds is 4. The van der Waals surface area contributed by atoms with Crippen molar-refractivity contribution >= 4 is 17.3 Å². The molecule has 1 saturated heterocycles. The number of benzene rings is 1. The molecule has 0 spiro atoms. The van der Waals surface area contributed by atoms with Crippen LogP contribution in [0.4, 0.5) is 11.4 Å². The molecule has 1 aliphatic heterocycles. The first kappa shape index (κ1) is 15.7. The zero-order valence-electron chi connectivity index (χ0n) is 13.0. The third-order valence-electron chi connectivity index (χ3n) is 4.48. The third-order valence-corrected chi connectivity index (χ3v) is 4.48. The average Bonchev–Trinajstić information content (AvgIpc) is 3.08. The third kappa shape index (κ3) is 3.61. The van der Waals surface area contributed by atoms with Crippen molar-refractivity contribution in [2.24, 2.45) is 0 Å². The van der Waals surface area contributed by atoms with E-state index in [4.69, 9.17) is 4.74 Å². The number of nitrogens with zero attached hydrogens (tertiary/aromatic N) is 2. The average molecular weight is 319 g/mol. The van der Waals surface area contributed by atoms with Crippen molar-refractivity contribution in [3.05, 3.63) is 33.9 Å². The SMILES string of the molecule is O=C(NC1CCCC1)c1cc([N+](=O)[O-])ccc1N1CCOCC1. The van der Waals surface area contributed by atoms with E-state index in [9.17, 15) is 14.9 Å². The van der Waals surface area contributed by atoms with E-state index in [-0.39, 0.29) is 17.6 Å². The number of nitro groups is 1. The van der Waals surface area contributed by atoms with Crippen LogP contribution in [0.25, 0.3) is 0 Å². The fourth-order valence-corrected chi connectivity index (χ4v) is 3.23. The van der Waals surface area contributed by atoms with Crippen LogP contribution in [0, 0.1) is 10.1 Å². The Labute approximate surface area is 134 Å². The molecule has 7 nitrogen and oxygen atoms in total. The molecule has 124 valence electrons. The molecule has 1 N–H and O–H groups in total. The van der Waals surface area contributed by atoms with Gasteiger partial charge < -0.3 is 15.0 Å². The van der Waals surface area contributed by atoms with E-state index in [0.29, 0.717) is 31.9 Å². The van der Waals surface area contributed by atoms with Crippen molar-refractivity contribution in [1.29, 1.82) is 0 Å². The van der Waals surface area contributed by atoms with Crippen LogP contribution in [0.5, 0.6) is 0 Å². The lowest BCUT2D eigenvalue weighted by Crippen LogP contribution is -2.39. The molecule has 1 heterocycles. The number of carbonyl (C=O) groups excluding carboxylic acids is 1. The normalized spacial score (nSPS) is 18.9. The van der Waals surface area contributed by atoms with Gasteiger partial charge in [-0.3, -0.25) is 14.9 Å². The molecule has 1 aliphatic carbocycles. The van der Waals surface area contributed by atoms with Gasteiger partial charge in [-0.15, -0.1) is 0 Å². The lowest BCUT2D eigenvalue weighted by molar-refractivity contribution is -0.384. The van der Waals surface area contributed by atoms with Gasteiger partial charge in [-0.1, -0.05) is 12.8 Å². The molecule has 1 amide bonds. The summed E-state index contributed by atoms with van der Waals surface area (Å²) < 4.78 is 5.34. The van der Waals surface area contributed by atoms with E-state index in [1.165, 1.54) is 12.1 Å². The summed E-state index contributed by atoms with van der Waals surface area (Å²) in [4.78, 5) is 25.3. The maximum absolute atomic E-state index is 12.6. The summed E-state index contributed by atoms with van der Waals surface area (Å²) in [5.41, 5.74) is 1.07. The van der Waals surface area contributed by atoms with Crippen molar-refractivity contribution in [2.45, 2.75) is 31.7 Å². The monoisotopic (exact) mass is 319 g/mol. The first-order chi connectivity index (χ1) is 11.1. The van der Waals surface area contributed by atoms with Crippen molar-refractivity contribution in [2.75, 3.05) is 31.2 Å². The second kappa shape index (κ2) is 6.95. The van der Waals surface area contributed by atoms with Crippen LogP contribution in [-0.2, 0) is 4.74 Å². The molecular weight excluding hydrogens is 298 g/mol. The van der Waals surface area contributed by atoms with Gasteiger partial charge in [-0.05, 0) is 18.9 Å². The van der Waals surface area contributed by atoms with Crippen molar-refractivity contribution in [3.63, 3.8) is 0 Å². The first-order valence-electron chi connectivity index (χ1n) is 8.07. The number of hydrogen-bond acceptors (Lipinski definition) is 5. The number of amides is 1. The fourth-order valence-electron chi connectivity index (χ4n) is 3.23. The molecule has 0 atom stereocenters. The number of morpholine rings is 1. The number of ether oxygens (including phenoxy) is 1. The molecule has 2 fully saturated rings. The molecule has 0 unspecified atom stereocenters. The van der Waals surface area contributed by atoms with E-state index in [2.05, 4.69) is 10.2 Å². The minimum absolute atomic E-state index is 0.0569. The summed E-state index contributed by atoms with van der Waals surface area (Å²) in [5.74, 6) is -0.220. The first-order valence-corrected chi connectivity index (χ1v) is 8.07. The topological polar surface area (TPSA) is 84.7 Å². The van der Waals surface area contributed by atoms with Gasteiger partial charge in [-0.2, -0.15) is 0 Å². The number of nitro benzene ring substituents is 1. The summed E-state index contributed by atoms with van der Waals surface area (Å²) >= 11 is 0. The molecule has 1 aromatic rings. The number of hydrogen-bond donors (Lipinski definition) is 1. The smallest absolute Gasteiger partial charge is 0.270 e. The molecule has 1 saturated carbocycles. The Kier molecular flexibility index (Phi) is 4.76. The van der Waals surface area contributed by atoms with Gasteiger partial charge in [-0.25, -0.2) is 0 Å². The summed E-state index contributed by atoms with van der Waals surface area (Å²) in [7, 11) is 0. The Morgan fingerprint density at radius 1 is 1.26 bits per heavy atom. The lowest BCUT2D eigenvalue weighted by Gasteiger charge is -2.30. The number of nitrogens with one attached hydrogen (secondary N) is 1. The van der Waals surface area contributed by atoms with Crippen molar-refractivity contribution < 1.29 is 14.5 Å². The minimum atomic E-state index is -0.463. The van der Waals surface area contributed by atoms with Gasteiger partial charge in [0.15, 0.2) is 0 Å². The van der Waals surface area contributed by atoms with E-state index in [0.717, 1.165) is 31.4 Å². The van der Waals surface area contributed by atoms with Crippen molar-refractivity contribution in [1.82, 2.24) is 5.32 Å². The van der Waals surface area contributed by atoms with Gasteiger partial charge in [0.2, 0.25) is 0 Å². The quantitative estimate of drug-likeness (QED) is 0.678. The summed E-state index contributed by atoms with van der Waals surface area (Å²) in [6.07, 6.45) is 4.20. The predicted molar refractivity (Wildman–Crippen MR) is 85.9 cm³/mol. The molecule has 1 aromatic carbocycles. The maximum atomic E-state index is 12.6. The summed E-state index contributed by atoms with van der Waals surface area (Å²) in [6, 6.07) is 4.69. The van der Waals surface area contributed by atoms with Gasteiger partial charge >= 0.3 is 0 Å². The molecular formula is C16H21N3O4. The molecule has 3 rings (SSSR count). The van der Waals surface area contributed by atoms with Gasteiger partial charge in [0.05, 0.1) is 29.4 Å². The Hall–Kier alpha value is -2.15. The van der Waals surface area contributed by atoms with E-state index in [1.54, 1.807) is 6.07 Å². The van der Waals surface area contributed by atoms with Crippen LogP contribution in [-0.4, -0.2) is 43.2 Å². The van der Waals surface area contributed by atoms with Crippen LogP contribution in [0.2, 0.25) is 0 Å². The Balaban J connectivity index is 1.87. The Morgan fingerprint density at radius 2 is 1.96 bits per heavy atom. The Bertz CT molecular complexity index is 593. The molecule has 7 heteroatoms. The Morgan fingerprint density at radius 3 is 2.61 bits per heavy atom. The maximum Gasteiger partial charge on any atom is 0.270 e. The predicted octanol–water partition coefficient (Wildman–Crippen LogP) is 2.10. The van der Waals surface area contributed by atoms with E-state index in [1.807, 2.05) is 0 Å². The van der Waals surface area contributed by atoms with Crippen LogP contribution < -0.4 is 10.2 Å². The standard InChI is InChI=1S/C16H21N3O4/c20-16(17-12-3-1-2-4-12)14-11-13(19(21)22)5-6-15(14)18-7-9-23-10-8-18/h5-6,11-12H,1-4,7-10H2,(H,17,20). The number of non-ortho nitro benzene ring substituents is 1.